The summed E-state index contributed by atoms with van der Waals surface area (Å²) >= 11 is 0. The number of aromatic nitrogens is 1. The molecule has 0 aliphatic carbocycles. The average molecular weight is 337 g/mol. The van der Waals surface area contributed by atoms with E-state index in [-0.39, 0.29) is 11.8 Å². The molecule has 6 heteroatoms. The van der Waals surface area contributed by atoms with E-state index < -0.39 is 6.04 Å². The Kier molecular flexibility index (Phi) is 4.01. The minimum Gasteiger partial charge on any atom is -0.463 e. The Hall–Kier alpha value is -3.02. The number of furan rings is 1. The van der Waals surface area contributed by atoms with E-state index in [0.717, 1.165) is 30.6 Å². The van der Waals surface area contributed by atoms with Gasteiger partial charge in [0.15, 0.2) is 5.58 Å². The summed E-state index contributed by atoms with van der Waals surface area (Å²) in [6, 6.07) is 12.6. The number of nitrogens with zero attached hydrogens (tertiary/aromatic N) is 1. The van der Waals surface area contributed by atoms with E-state index in [1.165, 1.54) is 0 Å². The fourth-order valence-corrected chi connectivity index (χ4v) is 3.01. The van der Waals surface area contributed by atoms with Gasteiger partial charge < -0.3 is 19.6 Å². The van der Waals surface area contributed by atoms with Gasteiger partial charge >= 0.3 is 0 Å². The fraction of sp³-hybridized carbons (Fsp3) is 0.263. The molecule has 2 amide bonds. The molecule has 0 bridgehead atoms. The van der Waals surface area contributed by atoms with Crippen LogP contribution in [0.5, 0.6) is 0 Å². The van der Waals surface area contributed by atoms with Gasteiger partial charge in [-0.25, -0.2) is 0 Å². The van der Waals surface area contributed by atoms with E-state index in [9.17, 15) is 9.59 Å². The smallest absolute Gasteiger partial charge is 0.268 e. The van der Waals surface area contributed by atoms with E-state index >= 15 is 0 Å². The number of carbonyl (C=O) groups excluding carboxylic acids is 2. The molecule has 6 nitrogen and oxygen atoms in total. The normalized spacial score (nSPS) is 15.0. The summed E-state index contributed by atoms with van der Waals surface area (Å²) in [4.78, 5) is 30.1. The van der Waals surface area contributed by atoms with Crippen molar-refractivity contribution in [3.63, 3.8) is 0 Å². The van der Waals surface area contributed by atoms with Crippen LogP contribution in [0.1, 0.15) is 22.5 Å². The van der Waals surface area contributed by atoms with Gasteiger partial charge in [0.25, 0.3) is 5.91 Å². The van der Waals surface area contributed by atoms with Crippen LogP contribution in [0.4, 0.5) is 0 Å². The van der Waals surface area contributed by atoms with Crippen molar-refractivity contribution in [1.29, 1.82) is 0 Å². The number of hydrogen-bond donors (Lipinski definition) is 2. The van der Waals surface area contributed by atoms with Crippen molar-refractivity contribution < 1.29 is 14.0 Å². The number of aromatic amines is 1. The van der Waals surface area contributed by atoms with Crippen LogP contribution >= 0.6 is 0 Å². The lowest BCUT2D eigenvalue weighted by molar-refractivity contribution is -0.136. The Morgan fingerprint density at radius 1 is 1.20 bits per heavy atom. The summed E-state index contributed by atoms with van der Waals surface area (Å²) in [6.45, 7) is 1.52. The number of fused-ring (bicyclic) bond motifs is 1. The first-order valence-corrected chi connectivity index (χ1v) is 8.40. The van der Waals surface area contributed by atoms with Crippen LogP contribution in [0.2, 0.25) is 0 Å². The van der Waals surface area contributed by atoms with E-state index in [1.807, 2.05) is 30.3 Å². The second-order valence-electron chi connectivity index (χ2n) is 6.28. The highest BCUT2D eigenvalue weighted by Gasteiger charge is 2.30. The van der Waals surface area contributed by atoms with Gasteiger partial charge in [0.05, 0.1) is 11.8 Å². The molecular weight excluding hydrogens is 318 g/mol. The second-order valence-corrected chi connectivity index (χ2v) is 6.28. The van der Waals surface area contributed by atoms with Gasteiger partial charge in [-0.2, -0.15) is 0 Å². The molecule has 2 N–H and O–H groups in total. The molecule has 2 aromatic heterocycles. The zero-order chi connectivity index (χ0) is 17.2. The molecule has 0 spiro atoms. The molecular formula is C19H19N3O3. The number of likely N-dealkylation sites (tertiary alicyclic amines) is 1. The quantitative estimate of drug-likeness (QED) is 0.750. The topological polar surface area (TPSA) is 78.3 Å². The van der Waals surface area contributed by atoms with Crippen molar-refractivity contribution >= 4 is 22.9 Å². The number of hydrogen-bond acceptors (Lipinski definition) is 3. The number of carbonyl (C=O) groups is 2. The maximum atomic E-state index is 12.7. The van der Waals surface area contributed by atoms with Crippen LogP contribution < -0.4 is 5.32 Å². The number of nitrogens with one attached hydrogen (secondary N) is 2. The van der Waals surface area contributed by atoms with Crippen molar-refractivity contribution in [3.05, 3.63) is 60.0 Å². The van der Waals surface area contributed by atoms with Gasteiger partial charge in [-0.15, -0.1) is 0 Å². The summed E-state index contributed by atoms with van der Waals surface area (Å²) in [5, 5.41) is 2.88. The highest BCUT2D eigenvalue weighted by molar-refractivity contribution is 5.99. The highest BCUT2D eigenvalue weighted by Crippen LogP contribution is 2.17. The molecule has 3 heterocycles. The van der Waals surface area contributed by atoms with E-state index in [0.29, 0.717) is 17.7 Å². The highest BCUT2D eigenvalue weighted by atomic mass is 16.3. The van der Waals surface area contributed by atoms with Crippen molar-refractivity contribution in [1.82, 2.24) is 15.2 Å². The first-order chi connectivity index (χ1) is 12.2. The molecule has 1 aliphatic rings. The van der Waals surface area contributed by atoms with Crippen molar-refractivity contribution in [2.24, 2.45) is 0 Å². The minimum atomic E-state index is -0.579. The van der Waals surface area contributed by atoms with Crippen molar-refractivity contribution in [2.75, 3.05) is 13.1 Å². The maximum absolute atomic E-state index is 12.7. The zero-order valence-corrected chi connectivity index (χ0v) is 13.7. The third kappa shape index (κ3) is 3.15. The number of benzene rings is 1. The molecule has 3 aromatic rings. The van der Waals surface area contributed by atoms with E-state index in [2.05, 4.69) is 10.3 Å². The van der Waals surface area contributed by atoms with Crippen LogP contribution in [-0.2, 0) is 11.2 Å². The van der Waals surface area contributed by atoms with Gasteiger partial charge in [-0.05, 0) is 12.0 Å². The summed E-state index contributed by atoms with van der Waals surface area (Å²) in [6.07, 6.45) is 3.05. The summed E-state index contributed by atoms with van der Waals surface area (Å²) < 4.78 is 5.28. The van der Waals surface area contributed by atoms with Crippen LogP contribution in [0.3, 0.4) is 0 Å². The zero-order valence-electron chi connectivity index (χ0n) is 13.7. The first kappa shape index (κ1) is 15.5. The lowest BCUT2D eigenvalue weighted by Crippen LogP contribution is -2.53. The van der Waals surface area contributed by atoms with Gasteiger partial charge in [0.1, 0.15) is 11.7 Å². The monoisotopic (exact) mass is 337 g/mol. The number of H-pyrrole nitrogens is 1. The molecule has 1 saturated heterocycles. The lowest BCUT2D eigenvalue weighted by Gasteiger charge is -2.34. The lowest BCUT2D eigenvalue weighted by atomic mass is 10.0. The van der Waals surface area contributed by atoms with Crippen molar-refractivity contribution in [2.45, 2.75) is 18.9 Å². The van der Waals surface area contributed by atoms with Crippen LogP contribution in [0, 0.1) is 0 Å². The Balaban J connectivity index is 1.53. The summed E-state index contributed by atoms with van der Waals surface area (Å²) in [5.74, 6) is -0.333. The molecule has 1 atom stereocenters. The molecule has 128 valence electrons. The van der Waals surface area contributed by atoms with Crippen molar-refractivity contribution in [3.8, 4) is 0 Å². The third-order valence-electron chi connectivity index (χ3n) is 4.54. The number of amides is 2. The predicted molar refractivity (Wildman–Crippen MR) is 93.2 cm³/mol. The van der Waals surface area contributed by atoms with Crippen LogP contribution in [0.25, 0.3) is 11.1 Å². The number of rotatable bonds is 5. The van der Waals surface area contributed by atoms with Crippen LogP contribution in [0.15, 0.2) is 53.1 Å². The van der Waals surface area contributed by atoms with E-state index in [4.69, 9.17) is 4.42 Å². The van der Waals surface area contributed by atoms with Gasteiger partial charge in [0.2, 0.25) is 5.91 Å². The molecule has 25 heavy (non-hydrogen) atoms. The SMILES string of the molecule is O=C(N[C@H](Cc1ccccc1)C(=O)N1CCC1)c1cc2occc2[nH]1. The molecule has 1 fully saturated rings. The standard InChI is InChI=1S/C19H19N3O3/c23-18(15-12-17-14(20-15)7-10-25-17)21-16(19(24)22-8-4-9-22)11-13-5-2-1-3-6-13/h1-3,5-7,10,12,16,20H,4,8-9,11H2,(H,21,23)/t16-/m1/s1. The van der Waals surface area contributed by atoms with Crippen LogP contribution in [-0.4, -0.2) is 40.8 Å². The second kappa shape index (κ2) is 6.47. The maximum Gasteiger partial charge on any atom is 0.268 e. The van der Waals surface area contributed by atoms with Gasteiger partial charge in [0, 0.05) is 31.6 Å². The average Bonchev–Trinajstić information content (AvgIpc) is 3.15. The molecule has 0 unspecified atom stereocenters. The Morgan fingerprint density at radius 3 is 2.68 bits per heavy atom. The minimum absolute atomic E-state index is 0.0290. The molecule has 0 radical (unpaired) electrons. The van der Waals surface area contributed by atoms with Gasteiger partial charge in [-0.1, -0.05) is 30.3 Å². The Bertz CT molecular complexity index is 864. The molecule has 1 aromatic carbocycles. The third-order valence-corrected chi connectivity index (χ3v) is 4.54. The molecule has 4 rings (SSSR count). The Morgan fingerprint density at radius 2 is 2.00 bits per heavy atom. The fourth-order valence-electron chi connectivity index (χ4n) is 3.01. The van der Waals surface area contributed by atoms with E-state index in [1.54, 1.807) is 23.3 Å². The Labute approximate surface area is 144 Å². The predicted octanol–water partition coefficient (Wildman–Crippen LogP) is 2.33. The largest absolute Gasteiger partial charge is 0.463 e. The summed E-state index contributed by atoms with van der Waals surface area (Å²) in [7, 11) is 0. The molecule has 1 aliphatic heterocycles. The first-order valence-electron chi connectivity index (χ1n) is 8.40. The van der Waals surface area contributed by atoms with Gasteiger partial charge in [-0.3, -0.25) is 9.59 Å². The molecule has 0 saturated carbocycles. The summed E-state index contributed by atoms with van der Waals surface area (Å²) in [5.41, 5.74) is 2.79.